The molecule has 0 amide bonds. The molecule has 0 aliphatic rings. The maximum atomic E-state index is 13.5. The summed E-state index contributed by atoms with van der Waals surface area (Å²) < 4.78 is 0. The fourth-order valence-corrected chi connectivity index (χ4v) is 5.79. The van der Waals surface area contributed by atoms with Crippen LogP contribution in [-0.4, -0.2) is 17.3 Å². The van der Waals surface area contributed by atoms with Crippen molar-refractivity contribution in [1.82, 2.24) is 0 Å². The van der Waals surface area contributed by atoms with Crippen LogP contribution >= 0.6 is 0 Å². The summed E-state index contributed by atoms with van der Waals surface area (Å²) in [6.45, 7) is 0. The highest BCUT2D eigenvalue weighted by Crippen LogP contribution is 2.27. The van der Waals surface area contributed by atoms with Gasteiger partial charge in [0.1, 0.15) is 0 Å². The molecule has 0 radical (unpaired) electrons. The summed E-state index contributed by atoms with van der Waals surface area (Å²) in [5, 5.41) is 0. The highest BCUT2D eigenvalue weighted by molar-refractivity contribution is 6.01. The first kappa shape index (κ1) is 30.4. The zero-order chi connectivity index (χ0) is 31.7. The smallest absolute Gasteiger partial charge is 0.163 e. The number of Topliss-reactive ketones (excluding diaryl/α,β-unsaturated/α-hetero) is 3. The Hall–Kier alpha value is -5.67. The number of benzene rings is 6. The molecule has 0 unspecified atom stereocenters. The first-order chi connectivity index (χ1) is 22.5. The second-order valence-corrected chi connectivity index (χ2v) is 11.6. The maximum absolute atomic E-state index is 13.5. The Labute approximate surface area is 270 Å². The van der Waals surface area contributed by atoms with Gasteiger partial charge in [-0.2, -0.15) is 0 Å². The van der Waals surface area contributed by atoms with Crippen LogP contribution < -0.4 is 0 Å². The quantitative estimate of drug-likeness (QED) is 0.132. The fourth-order valence-electron chi connectivity index (χ4n) is 5.79. The predicted molar refractivity (Wildman–Crippen MR) is 186 cm³/mol. The molecule has 0 saturated carbocycles. The lowest BCUT2D eigenvalue weighted by Gasteiger charge is -2.16. The molecular weight excluding hydrogens is 564 g/mol. The molecule has 0 fully saturated rings. The van der Waals surface area contributed by atoms with Crippen LogP contribution in [0.15, 0.2) is 164 Å². The summed E-state index contributed by atoms with van der Waals surface area (Å²) >= 11 is 0. The molecule has 0 aliphatic carbocycles. The van der Waals surface area contributed by atoms with E-state index in [9.17, 15) is 14.4 Å². The minimum atomic E-state index is -0.441. The number of carbonyl (C=O) groups excluding carboxylic acids is 3. The molecule has 6 aromatic carbocycles. The average molecular weight is 599 g/mol. The van der Waals surface area contributed by atoms with E-state index in [1.807, 2.05) is 164 Å². The van der Waals surface area contributed by atoms with E-state index in [0.717, 1.165) is 33.4 Å². The Morgan fingerprint density at radius 2 is 0.522 bits per heavy atom. The highest BCUT2D eigenvalue weighted by Gasteiger charge is 2.23. The second kappa shape index (κ2) is 14.4. The van der Waals surface area contributed by atoms with Crippen molar-refractivity contribution in [2.75, 3.05) is 0 Å². The Kier molecular flexibility index (Phi) is 9.51. The third-order valence-corrected chi connectivity index (χ3v) is 8.36. The van der Waals surface area contributed by atoms with Gasteiger partial charge in [0.05, 0.1) is 0 Å². The van der Waals surface area contributed by atoms with E-state index in [-0.39, 0.29) is 36.6 Å². The third-order valence-electron chi connectivity index (χ3n) is 8.36. The topological polar surface area (TPSA) is 51.2 Å². The summed E-state index contributed by atoms with van der Waals surface area (Å²) in [6, 6.07) is 52.6. The Bertz CT molecular complexity index is 1680. The van der Waals surface area contributed by atoms with Gasteiger partial charge < -0.3 is 0 Å². The Balaban J connectivity index is 1.19. The molecule has 3 nitrogen and oxygen atoms in total. The van der Waals surface area contributed by atoms with Crippen molar-refractivity contribution >= 4 is 17.3 Å². The number of carbonyl (C=O) groups is 3. The number of ketones is 3. The van der Waals surface area contributed by atoms with E-state index < -0.39 is 5.92 Å². The van der Waals surface area contributed by atoms with Crippen molar-refractivity contribution in [2.24, 2.45) is 5.92 Å². The fraction of sp³-hybridized carbons (Fsp3) is 0.0930. The molecule has 0 spiro atoms. The molecular formula is C43H34O3. The van der Waals surface area contributed by atoms with Gasteiger partial charge in [-0.1, -0.05) is 164 Å². The van der Waals surface area contributed by atoms with Gasteiger partial charge in [0.15, 0.2) is 17.3 Å². The Morgan fingerprint density at radius 3 is 0.761 bits per heavy atom. The summed E-state index contributed by atoms with van der Waals surface area (Å²) in [5.41, 5.74) is 8.02. The molecule has 0 N–H and O–H groups in total. The number of rotatable bonds is 12. The van der Waals surface area contributed by atoms with Crippen LogP contribution in [0.1, 0.15) is 50.3 Å². The summed E-state index contributed by atoms with van der Waals surface area (Å²) in [7, 11) is 0. The molecule has 3 heteroatoms. The van der Waals surface area contributed by atoms with E-state index in [1.165, 1.54) is 0 Å². The molecule has 0 atom stereocenters. The van der Waals surface area contributed by atoms with Gasteiger partial charge in [-0.25, -0.2) is 0 Å². The molecule has 46 heavy (non-hydrogen) atoms. The van der Waals surface area contributed by atoms with Crippen LogP contribution in [0.4, 0.5) is 0 Å². The van der Waals surface area contributed by atoms with Gasteiger partial charge in [0, 0.05) is 36.0 Å². The molecule has 0 aliphatic heterocycles. The van der Waals surface area contributed by atoms with Crippen LogP contribution in [0.25, 0.3) is 33.4 Å². The van der Waals surface area contributed by atoms with E-state index in [2.05, 4.69) is 0 Å². The Morgan fingerprint density at radius 1 is 0.304 bits per heavy atom. The number of hydrogen-bond acceptors (Lipinski definition) is 3. The minimum Gasteiger partial charge on any atom is -0.294 e. The molecule has 224 valence electrons. The van der Waals surface area contributed by atoms with E-state index in [1.54, 1.807) is 0 Å². The molecule has 0 aromatic heterocycles. The normalized spacial score (nSPS) is 10.9. The van der Waals surface area contributed by atoms with Crippen molar-refractivity contribution < 1.29 is 14.4 Å². The standard InChI is InChI=1S/C43H34O3/c44-41(38-22-16-35(17-23-38)32-10-4-1-5-11-32)28-31(29-42(45)39-24-18-36(19-25-39)33-12-6-2-7-13-33)30-43(46)40-26-20-37(21-27-40)34-14-8-3-9-15-34/h1-27,31H,28-30H2. The average Bonchev–Trinajstić information content (AvgIpc) is 3.13. The van der Waals surface area contributed by atoms with E-state index in [0.29, 0.717) is 16.7 Å². The first-order valence-electron chi connectivity index (χ1n) is 15.6. The van der Waals surface area contributed by atoms with Crippen molar-refractivity contribution in [1.29, 1.82) is 0 Å². The van der Waals surface area contributed by atoms with Crippen molar-refractivity contribution in [3.8, 4) is 33.4 Å². The highest BCUT2D eigenvalue weighted by atomic mass is 16.1. The first-order valence-corrected chi connectivity index (χ1v) is 15.6. The molecule has 6 aromatic rings. The van der Waals surface area contributed by atoms with Gasteiger partial charge in [-0.3, -0.25) is 14.4 Å². The van der Waals surface area contributed by atoms with Crippen LogP contribution in [0.5, 0.6) is 0 Å². The van der Waals surface area contributed by atoms with Gasteiger partial charge in [-0.15, -0.1) is 0 Å². The predicted octanol–water partition coefficient (Wildman–Crippen LogP) is 10.4. The van der Waals surface area contributed by atoms with Crippen molar-refractivity contribution in [3.05, 3.63) is 180 Å². The summed E-state index contributed by atoms with van der Waals surface area (Å²) in [6.07, 6.45) is 0.311. The molecule has 0 heterocycles. The van der Waals surface area contributed by atoms with Gasteiger partial charge in [-0.05, 0) is 39.3 Å². The van der Waals surface area contributed by atoms with Crippen LogP contribution in [0.3, 0.4) is 0 Å². The van der Waals surface area contributed by atoms with Crippen molar-refractivity contribution in [2.45, 2.75) is 19.3 Å². The van der Waals surface area contributed by atoms with Crippen LogP contribution in [0, 0.1) is 5.92 Å². The summed E-state index contributed by atoms with van der Waals surface area (Å²) in [4.78, 5) is 40.6. The SMILES string of the molecule is O=C(CC(CC(=O)c1ccc(-c2ccccc2)cc1)CC(=O)c1ccc(-c2ccccc2)cc1)c1ccc(-c2ccccc2)cc1. The lowest BCUT2D eigenvalue weighted by Crippen LogP contribution is -2.17. The van der Waals surface area contributed by atoms with Gasteiger partial charge >= 0.3 is 0 Å². The van der Waals surface area contributed by atoms with Crippen LogP contribution in [0.2, 0.25) is 0 Å². The largest absolute Gasteiger partial charge is 0.294 e. The summed E-state index contributed by atoms with van der Waals surface area (Å²) in [5.74, 6) is -0.680. The lowest BCUT2D eigenvalue weighted by molar-refractivity contribution is 0.0885. The minimum absolute atomic E-state index is 0.0796. The lowest BCUT2D eigenvalue weighted by atomic mass is 9.86. The van der Waals surface area contributed by atoms with Crippen LogP contribution in [-0.2, 0) is 0 Å². The van der Waals surface area contributed by atoms with Gasteiger partial charge in [0.2, 0.25) is 0 Å². The number of hydrogen-bond donors (Lipinski definition) is 0. The van der Waals surface area contributed by atoms with E-state index in [4.69, 9.17) is 0 Å². The molecule has 0 saturated heterocycles. The monoisotopic (exact) mass is 598 g/mol. The molecule has 0 bridgehead atoms. The zero-order valence-electron chi connectivity index (χ0n) is 25.5. The van der Waals surface area contributed by atoms with Crippen molar-refractivity contribution in [3.63, 3.8) is 0 Å². The zero-order valence-corrected chi connectivity index (χ0v) is 25.5. The van der Waals surface area contributed by atoms with E-state index >= 15 is 0 Å². The third kappa shape index (κ3) is 7.51. The van der Waals surface area contributed by atoms with Gasteiger partial charge in [0.25, 0.3) is 0 Å². The molecule has 6 rings (SSSR count). The second-order valence-electron chi connectivity index (χ2n) is 11.6. The maximum Gasteiger partial charge on any atom is 0.163 e.